The Hall–Kier alpha value is -4.28. The first-order valence-corrected chi connectivity index (χ1v) is 13.4. The number of aromatic nitrogens is 4. The number of halogens is 2. The molecule has 2 aliphatic heterocycles. The molecule has 206 valence electrons. The zero-order chi connectivity index (χ0) is 27.4. The van der Waals surface area contributed by atoms with Gasteiger partial charge in [0.15, 0.2) is 0 Å². The summed E-state index contributed by atoms with van der Waals surface area (Å²) in [5.74, 6) is 1.89. The maximum atomic E-state index is 13.1. The lowest BCUT2D eigenvalue weighted by molar-refractivity contribution is -0.148. The van der Waals surface area contributed by atoms with Crippen LogP contribution in [0, 0.1) is 17.8 Å². The molecule has 0 radical (unpaired) electrons. The number of esters is 1. The molecule has 2 aromatic heterocycles. The number of hydrogen-bond donors (Lipinski definition) is 1. The summed E-state index contributed by atoms with van der Waals surface area (Å²) in [6.45, 7) is -0.902. The second-order valence-corrected chi connectivity index (χ2v) is 10.6. The van der Waals surface area contributed by atoms with Crippen molar-refractivity contribution in [2.75, 3.05) is 37.0 Å². The second-order valence-electron chi connectivity index (χ2n) is 10.6. The van der Waals surface area contributed by atoms with E-state index in [2.05, 4.69) is 20.2 Å². The second kappa shape index (κ2) is 9.72. The number of piperidine rings is 1. The lowest BCUT2D eigenvalue weighted by Crippen LogP contribution is -2.45. The summed E-state index contributed by atoms with van der Waals surface area (Å²) < 4.78 is 38.1. The Morgan fingerprint density at radius 1 is 1.05 bits per heavy atom. The Kier molecular flexibility index (Phi) is 6.01. The third kappa shape index (κ3) is 4.11. The highest BCUT2D eigenvalue weighted by Gasteiger charge is 2.47. The van der Waals surface area contributed by atoms with Gasteiger partial charge in [-0.15, -0.1) is 0 Å². The number of fused-ring (bicyclic) bond motifs is 5. The number of methoxy groups -OCH3 is 1. The van der Waals surface area contributed by atoms with E-state index in [1.165, 1.54) is 7.11 Å². The van der Waals surface area contributed by atoms with Crippen molar-refractivity contribution in [3.63, 3.8) is 0 Å². The number of carbonyl (C=O) groups excluding carboxylic acids is 1. The van der Waals surface area contributed by atoms with Gasteiger partial charge in [-0.2, -0.15) is 8.78 Å². The van der Waals surface area contributed by atoms with Crippen molar-refractivity contribution in [1.82, 2.24) is 19.5 Å². The Morgan fingerprint density at radius 3 is 2.52 bits per heavy atom. The molecule has 9 nitrogen and oxygen atoms in total. The van der Waals surface area contributed by atoms with Gasteiger partial charge in [-0.3, -0.25) is 4.79 Å². The third-order valence-corrected chi connectivity index (χ3v) is 8.51. The van der Waals surface area contributed by atoms with E-state index in [-0.39, 0.29) is 35.5 Å². The molecule has 3 unspecified atom stereocenters. The van der Waals surface area contributed by atoms with E-state index in [1.54, 1.807) is 12.1 Å². The first kappa shape index (κ1) is 24.7. The third-order valence-electron chi connectivity index (χ3n) is 8.51. The first-order chi connectivity index (χ1) is 19.5. The van der Waals surface area contributed by atoms with Gasteiger partial charge in [-0.05, 0) is 48.4 Å². The van der Waals surface area contributed by atoms with Gasteiger partial charge in [0, 0.05) is 43.2 Å². The molecule has 0 spiro atoms. The van der Waals surface area contributed by atoms with E-state index in [1.807, 2.05) is 47.3 Å². The van der Waals surface area contributed by atoms with Crippen molar-refractivity contribution in [3.05, 3.63) is 60.4 Å². The van der Waals surface area contributed by atoms with Crippen molar-refractivity contribution in [3.8, 4) is 16.9 Å². The predicted octanol–water partition coefficient (Wildman–Crippen LogP) is 4.75. The Bertz CT molecular complexity index is 1560. The largest absolute Gasteiger partial charge is 0.469 e. The van der Waals surface area contributed by atoms with Crippen LogP contribution in [0.1, 0.15) is 24.4 Å². The molecule has 1 aliphatic carbocycles. The lowest BCUT2D eigenvalue weighted by atomic mass is 9.85. The predicted molar refractivity (Wildman–Crippen MR) is 144 cm³/mol. The Morgan fingerprint density at radius 2 is 1.80 bits per heavy atom. The molecule has 2 aromatic carbocycles. The molecule has 11 heteroatoms. The van der Waals surface area contributed by atoms with Crippen molar-refractivity contribution in [2.45, 2.75) is 25.5 Å². The van der Waals surface area contributed by atoms with Gasteiger partial charge < -0.3 is 24.3 Å². The van der Waals surface area contributed by atoms with Gasteiger partial charge in [0.1, 0.15) is 5.75 Å². The number of rotatable bonds is 6. The SMILES string of the molecule is COC(=O)C1C2CCC1CN(c1ncc(-c3ccc4nc5n(c4c3)C(c3ccccc3OC(F)F)CN5)cn1)C2. The number of alkyl halides is 2. The molecule has 4 heterocycles. The fourth-order valence-corrected chi connectivity index (χ4v) is 6.74. The topological polar surface area (TPSA) is 94.4 Å². The molecular weight excluding hydrogens is 518 g/mol. The van der Waals surface area contributed by atoms with E-state index >= 15 is 0 Å². The van der Waals surface area contributed by atoms with Crippen LogP contribution in [0.3, 0.4) is 0 Å². The number of benzene rings is 2. The molecule has 1 saturated heterocycles. The van der Waals surface area contributed by atoms with Crippen LogP contribution in [0.2, 0.25) is 0 Å². The van der Waals surface area contributed by atoms with E-state index in [0.29, 0.717) is 24.0 Å². The average Bonchev–Trinajstić information content (AvgIpc) is 3.62. The minimum absolute atomic E-state index is 0.0307. The number of carbonyl (C=O) groups is 1. The van der Waals surface area contributed by atoms with Gasteiger partial charge in [0.05, 0.1) is 30.1 Å². The van der Waals surface area contributed by atoms with Gasteiger partial charge in [0.25, 0.3) is 0 Å². The molecule has 2 bridgehead atoms. The summed E-state index contributed by atoms with van der Waals surface area (Å²) in [6, 6.07) is 12.6. The summed E-state index contributed by atoms with van der Waals surface area (Å²) in [4.78, 5) is 28.5. The smallest absolute Gasteiger partial charge is 0.387 e. The van der Waals surface area contributed by atoms with Crippen LogP contribution in [-0.4, -0.2) is 58.8 Å². The van der Waals surface area contributed by atoms with Gasteiger partial charge >= 0.3 is 12.6 Å². The number of ether oxygens (including phenoxy) is 2. The standard InChI is InChI=1S/C29H28F2N6O3/c1-39-26(38)25-17-6-7-18(25)15-36(14-17)28-32-11-19(12-33-28)16-8-9-21-22(10-16)37-23(13-34-29(37)35-21)20-4-2-3-5-24(20)40-27(30)31/h2-5,8-12,17-18,23,25,27H,6-7,13-15H2,1H3,(H,34,35). The summed E-state index contributed by atoms with van der Waals surface area (Å²) in [5, 5.41) is 3.30. The molecule has 1 saturated carbocycles. The van der Waals surface area contributed by atoms with Crippen LogP contribution in [0.25, 0.3) is 22.2 Å². The maximum absolute atomic E-state index is 13.1. The Labute approximate surface area is 229 Å². The highest BCUT2D eigenvalue weighted by Crippen LogP contribution is 2.43. The fraction of sp³-hybridized carbons (Fsp3) is 0.379. The lowest BCUT2D eigenvalue weighted by Gasteiger charge is -2.36. The number of para-hydroxylation sites is 1. The van der Waals surface area contributed by atoms with Gasteiger partial charge in [-0.1, -0.05) is 24.3 Å². The van der Waals surface area contributed by atoms with Crippen molar-refractivity contribution < 1.29 is 23.0 Å². The number of nitrogens with one attached hydrogen (secondary N) is 1. The van der Waals surface area contributed by atoms with Gasteiger partial charge in [0.2, 0.25) is 11.9 Å². The molecule has 7 rings (SSSR count). The molecular formula is C29H28F2N6O3. The minimum Gasteiger partial charge on any atom is -0.469 e. The highest BCUT2D eigenvalue weighted by molar-refractivity contribution is 5.85. The van der Waals surface area contributed by atoms with Gasteiger partial charge in [-0.25, -0.2) is 15.0 Å². The molecule has 3 aliphatic rings. The fourth-order valence-electron chi connectivity index (χ4n) is 6.74. The normalized spacial score (nSPS) is 23.4. The molecule has 2 fully saturated rings. The van der Waals surface area contributed by atoms with Crippen LogP contribution in [0.4, 0.5) is 20.7 Å². The van der Waals surface area contributed by atoms with Crippen LogP contribution < -0.4 is 15.0 Å². The van der Waals surface area contributed by atoms with Crippen LogP contribution in [-0.2, 0) is 9.53 Å². The number of imidazole rings is 1. The highest BCUT2D eigenvalue weighted by atomic mass is 19.3. The number of nitrogens with zero attached hydrogens (tertiary/aromatic N) is 5. The zero-order valence-corrected chi connectivity index (χ0v) is 21.8. The van der Waals surface area contributed by atoms with E-state index in [0.717, 1.165) is 48.1 Å². The maximum Gasteiger partial charge on any atom is 0.387 e. The van der Waals surface area contributed by atoms with Crippen LogP contribution in [0.15, 0.2) is 54.9 Å². The van der Waals surface area contributed by atoms with Crippen molar-refractivity contribution in [1.29, 1.82) is 0 Å². The van der Waals surface area contributed by atoms with Crippen LogP contribution in [0.5, 0.6) is 5.75 Å². The molecule has 4 aromatic rings. The Balaban J connectivity index is 1.16. The molecule has 1 N–H and O–H groups in total. The summed E-state index contributed by atoms with van der Waals surface area (Å²) in [5.41, 5.74) is 4.12. The van der Waals surface area contributed by atoms with E-state index in [9.17, 15) is 13.6 Å². The molecule has 0 amide bonds. The van der Waals surface area contributed by atoms with Crippen molar-refractivity contribution in [2.24, 2.45) is 17.8 Å². The summed E-state index contributed by atoms with van der Waals surface area (Å²) in [7, 11) is 1.46. The monoisotopic (exact) mass is 546 g/mol. The van der Waals surface area contributed by atoms with E-state index in [4.69, 9.17) is 14.5 Å². The van der Waals surface area contributed by atoms with Crippen LogP contribution >= 0.6 is 0 Å². The quantitative estimate of drug-likeness (QED) is 0.347. The number of anilines is 2. The summed E-state index contributed by atoms with van der Waals surface area (Å²) >= 11 is 0. The summed E-state index contributed by atoms with van der Waals surface area (Å²) in [6.07, 6.45) is 5.67. The zero-order valence-electron chi connectivity index (χ0n) is 21.8. The minimum atomic E-state index is -2.90. The molecule has 3 atom stereocenters. The van der Waals surface area contributed by atoms with Crippen molar-refractivity contribution >= 4 is 28.9 Å². The van der Waals surface area contributed by atoms with E-state index < -0.39 is 6.61 Å². The molecule has 40 heavy (non-hydrogen) atoms. The first-order valence-electron chi connectivity index (χ1n) is 13.4. The number of hydrogen-bond acceptors (Lipinski definition) is 8. The average molecular weight is 547 g/mol.